The van der Waals surface area contributed by atoms with Crippen LogP contribution in [-0.4, -0.2) is 15.0 Å². The highest BCUT2D eigenvalue weighted by Crippen LogP contribution is 2.37. The monoisotopic (exact) mass is 341 g/mol. The Morgan fingerprint density at radius 2 is 1.88 bits per heavy atom. The summed E-state index contributed by atoms with van der Waals surface area (Å²) in [5.74, 6) is 1.14. The van der Waals surface area contributed by atoms with E-state index in [1.165, 1.54) is 5.56 Å². The molecule has 0 radical (unpaired) electrons. The third kappa shape index (κ3) is 2.08. The Balaban J connectivity index is 1.84. The second-order valence-electron chi connectivity index (χ2n) is 7.06. The number of hydrogen-bond acceptors (Lipinski definition) is 3. The molecule has 3 heterocycles. The smallest absolute Gasteiger partial charge is 0.146 e. The molecule has 0 aliphatic carbocycles. The lowest BCUT2D eigenvalue weighted by atomic mass is 10.0. The highest BCUT2D eigenvalue weighted by Gasteiger charge is 2.18. The normalized spacial score (nSPS) is 12.0. The van der Waals surface area contributed by atoms with Crippen LogP contribution in [0, 0.1) is 6.92 Å². The average Bonchev–Trinajstić information content (AvgIpc) is 3.23. The van der Waals surface area contributed by atoms with Crippen LogP contribution in [0.3, 0.4) is 0 Å². The molecule has 0 aliphatic heterocycles. The van der Waals surface area contributed by atoms with E-state index in [9.17, 15) is 0 Å². The predicted molar refractivity (Wildman–Crippen MR) is 105 cm³/mol. The van der Waals surface area contributed by atoms with Gasteiger partial charge in [0.25, 0.3) is 0 Å². The standard InChI is InChI=1S/C22H19N3O/c1-12(2)19-20-16(10-11-23-19)24-22(25-20)15-9-8-13(3)18-14-6-4-5-7-17(14)26-21(15)18/h4-12H,1-3H3,(H,24,25). The van der Waals surface area contributed by atoms with Crippen LogP contribution in [0.4, 0.5) is 0 Å². The quantitative estimate of drug-likeness (QED) is 0.431. The van der Waals surface area contributed by atoms with Crippen LogP contribution in [0.25, 0.3) is 44.4 Å². The van der Waals surface area contributed by atoms with E-state index in [-0.39, 0.29) is 0 Å². The SMILES string of the molecule is Cc1ccc(-c2nc3c(C(C)C)nccc3[nH]2)c2oc3ccccc3c12. The van der Waals surface area contributed by atoms with Crippen LogP contribution in [0.5, 0.6) is 0 Å². The first-order valence-electron chi connectivity index (χ1n) is 8.89. The van der Waals surface area contributed by atoms with E-state index in [0.29, 0.717) is 5.92 Å². The summed E-state index contributed by atoms with van der Waals surface area (Å²) in [6, 6.07) is 14.4. The van der Waals surface area contributed by atoms with Gasteiger partial charge in [-0.05, 0) is 36.6 Å². The highest BCUT2D eigenvalue weighted by atomic mass is 16.3. The summed E-state index contributed by atoms with van der Waals surface area (Å²) in [6.45, 7) is 6.40. The van der Waals surface area contributed by atoms with Crippen molar-refractivity contribution in [2.24, 2.45) is 0 Å². The second-order valence-corrected chi connectivity index (χ2v) is 7.06. The predicted octanol–water partition coefficient (Wildman–Crippen LogP) is 5.96. The molecular weight excluding hydrogens is 322 g/mol. The molecule has 128 valence electrons. The number of benzene rings is 2. The molecule has 5 rings (SSSR count). The summed E-state index contributed by atoms with van der Waals surface area (Å²) in [6.07, 6.45) is 1.84. The van der Waals surface area contributed by atoms with Gasteiger partial charge in [0.1, 0.15) is 22.5 Å². The lowest BCUT2D eigenvalue weighted by Crippen LogP contribution is -1.93. The van der Waals surface area contributed by atoms with Crippen LogP contribution in [0.15, 0.2) is 53.1 Å². The molecule has 0 unspecified atom stereocenters. The molecule has 0 aliphatic rings. The van der Waals surface area contributed by atoms with E-state index in [1.54, 1.807) is 0 Å². The van der Waals surface area contributed by atoms with Gasteiger partial charge in [-0.1, -0.05) is 38.1 Å². The van der Waals surface area contributed by atoms with E-state index in [4.69, 9.17) is 9.40 Å². The van der Waals surface area contributed by atoms with Crippen molar-refractivity contribution in [3.8, 4) is 11.4 Å². The fourth-order valence-corrected chi connectivity index (χ4v) is 3.69. The second kappa shape index (κ2) is 5.43. The molecule has 1 N–H and O–H groups in total. The largest absolute Gasteiger partial charge is 0.455 e. The maximum Gasteiger partial charge on any atom is 0.146 e. The molecule has 0 saturated heterocycles. The topological polar surface area (TPSA) is 54.7 Å². The Bertz CT molecular complexity index is 1280. The first-order chi connectivity index (χ1) is 12.6. The Labute approximate surface area is 150 Å². The van der Waals surface area contributed by atoms with Crippen LogP contribution >= 0.6 is 0 Å². The summed E-state index contributed by atoms with van der Waals surface area (Å²) in [4.78, 5) is 12.8. The lowest BCUT2D eigenvalue weighted by molar-refractivity contribution is 0.669. The van der Waals surface area contributed by atoms with Crippen molar-refractivity contribution in [1.82, 2.24) is 15.0 Å². The third-order valence-electron chi connectivity index (χ3n) is 4.97. The zero-order chi connectivity index (χ0) is 17.8. The zero-order valence-electron chi connectivity index (χ0n) is 15.0. The molecule has 0 fully saturated rings. The van der Waals surface area contributed by atoms with Gasteiger partial charge >= 0.3 is 0 Å². The van der Waals surface area contributed by atoms with Crippen molar-refractivity contribution in [1.29, 1.82) is 0 Å². The summed E-state index contributed by atoms with van der Waals surface area (Å²) in [7, 11) is 0. The minimum absolute atomic E-state index is 0.319. The summed E-state index contributed by atoms with van der Waals surface area (Å²) >= 11 is 0. The molecule has 0 atom stereocenters. The lowest BCUT2D eigenvalue weighted by Gasteiger charge is -2.03. The van der Waals surface area contributed by atoms with E-state index in [2.05, 4.69) is 48.9 Å². The van der Waals surface area contributed by atoms with Crippen LogP contribution in [0.1, 0.15) is 31.0 Å². The third-order valence-corrected chi connectivity index (χ3v) is 4.97. The van der Waals surface area contributed by atoms with Crippen molar-refractivity contribution in [3.63, 3.8) is 0 Å². The van der Waals surface area contributed by atoms with Crippen molar-refractivity contribution in [2.75, 3.05) is 0 Å². The van der Waals surface area contributed by atoms with Crippen molar-refractivity contribution in [2.45, 2.75) is 26.7 Å². The van der Waals surface area contributed by atoms with Crippen LogP contribution in [0.2, 0.25) is 0 Å². The van der Waals surface area contributed by atoms with Crippen LogP contribution < -0.4 is 0 Å². The first kappa shape index (κ1) is 15.1. The van der Waals surface area contributed by atoms with Crippen molar-refractivity contribution < 1.29 is 4.42 Å². The fraction of sp³-hybridized carbons (Fsp3) is 0.182. The van der Waals surface area contributed by atoms with E-state index in [1.807, 2.05) is 30.5 Å². The number of pyridine rings is 1. The van der Waals surface area contributed by atoms with Gasteiger partial charge in [0.2, 0.25) is 0 Å². The van der Waals surface area contributed by atoms with Gasteiger partial charge in [-0.25, -0.2) is 4.98 Å². The molecular formula is C22H19N3O. The number of hydrogen-bond donors (Lipinski definition) is 1. The number of fused-ring (bicyclic) bond motifs is 4. The Kier molecular flexibility index (Phi) is 3.16. The minimum atomic E-state index is 0.319. The number of nitrogens with zero attached hydrogens (tertiary/aromatic N) is 2. The van der Waals surface area contributed by atoms with Gasteiger partial charge in [0.15, 0.2) is 0 Å². The first-order valence-corrected chi connectivity index (χ1v) is 8.89. The van der Waals surface area contributed by atoms with Crippen molar-refractivity contribution >= 4 is 33.0 Å². The Morgan fingerprint density at radius 1 is 1.04 bits per heavy atom. The molecule has 5 aromatic rings. The Morgan fingerprint density at radius 3 is 2.73 bits per heavy atom. The molecule has 4 nitrogen and oxygen atoms in total. The van der Waals surface area contributed by atoms with Gasteiger partial charge in [0, 0.05) is 17.0 Å². The molecule has 3 aromatic heterocycles. The van der Waals surface area contributed by atoms with Crippen molar-refractivity contribution in [3.05, 3.63) is 59.9 Å². The summed E-state index contributed by atoms with van der Waals surface area (Å²) in [5, 5.41) is 2.29. The molecule has 26 heavy (non-hydrogen) atoms. The fourth-order valence-electron chi connectivity index (χ4n) is 3.69. The number of nitrogens with one attached hydrogen (secondary N) is 1. The zero-order valence-corrected chi connectivity index (χ0v) is 15.0. The maximum atomic E-state index is 6.22. The summed E-state index contributed by atoms with van der Waals surface area (Å²) in [5.41, 5.74) is 6.91. The van der Waals surface area contributed by atoms with Gasteiger partial charge in [-0.3, -0.25) is 4.98 Å². The summed E-state index contributed by atoms with van der Waals surface area (Å²) < 4.78 is 6.22. The molecule has 0 amide bonds. The van der Waals surface area contributed by atoms with Gasteiger partial charge in [-0.15, -0.1) is 0 Å². The average molecular weight is 341 g/mol. The Hall–Kier alpha value is -3.14. The van der Waals surface area contributed by atoms with Gasteiger partial charge in [0.05, 0.1) is 16.8 Å². The van der Waals surface area contributed by atoms with E-state index in [0.717, 1.165) is 50.1 Å². The highest BCUT2D eigenvalue weighted by molar-refractivity contribution is 6.11. The molecule has 2 aromatic carbocycles. The number of furan rings is 1. The van der Waals surface area contributed by atoms with Gasteiger partial charge < -0.3 is 9.40 Å². The number of aromatic amines is 1. The number of H-pyrrole nitrogens is 1. The number of aryl methyl sites for hydroxylation is 1. The molecule has 0 bridgehead atoms. The number of rotatable bonds is 2. The van der Waals surface area contributed by atoms with E-state index < -0.39 is 0 Å². The van der Waals surface area contributed by atoms with E-state index >= 15 is 0 Å². The molecule has 4 heteroatoms. The number of imidazole rings is 1. The maximum absolute atomic E-state index is 6.22. The molecule has 0 saturated carbocycles. The molecule has 0 spiro atoms. The number of para-hydroxylation sites is 1. The minimum Gasteiger partial charge on any atom is -0.455 e. The van der Waals surface area contributed by atoms with Gasteiger partial charge in [-0.2, -0.15) is 0 Å². The number of aromatic nitrogens is 3. The van der Waals surface area contributed by atoms with Crippen LogP contribution in [-0.2, 0) is 0 Å².